The number of aromatic carboxylic acids is 1. The monoisotopic (exact) mass is 447 g/mol. The second-order valence-corrected chi connectivity index (χ2v) is 9.74. The van der Waals surface area contributed by atoms with E-state index >= 15 is 0 Å². The normalized spacial score (nSPS) is 28.1. The van der Waals surface area contributed by atoms with Crippen molar-refractivity contribution in [1.82, 2.24) is 15.3 Å². The average molecular weight is 448 g/mol. The van der Waals surface area contributed by atoms with Crippen LogP contribution in [0.25, 0.3) is 11.3 Å². The third-order valence-electron chi connectivity index (χ3n) is 7.17. The minimum absolute atomic E-state index is 0. The summed E-state index contributed by atoms with van der Waals surface area (Å²) in [6.07, 6.45) is 10.4. The Morgan fingerprint density at radius 2 is 1.68 bits per heavy atom. The fraction of sp³-hybridized carbons (Fsp3) is 0.478. The Kier molecular flexibility index (Phi) is 6.46. The summed E-state index contributed by atoms with van der Waals surface area (Å²) in [5.74, 6) is 0.802. The number of carboxylic acid groups (broad SMARTS) is 1. The predicted octanol–water partition coefficient (Wildman–Crippen LogP) is 0.111. The number of aromatic nitrogens is 2. The standard InChI is InChI=1S/C23H24ClN3O3.Na/c24-18-2-1-16(19-20(22(29)30)26-4-3-25-19)8-17(18)21(28)27-12-23-9-13-5-14(10-23)7-15(6-13)11-23;/h1-4,8,13-15H,5-7,9-12H2,(H,27,28)(H,29,30);/q;+1/p-1. The number of nitrogens with one attached hydrogen (secondary N) is 1. The van der Waals surface area contributed by atoms with E-state index < -0.39 is 5.97 Å². The number of hydrogen-bond acceptors (Lipinski definition) is 5. The molecule has 0 atom stereocenters. The van der Waals surface area contributed by atoms with Crippen LogP contribution in [0.15, 0.2) is 30.6 Å². The Labute approximate surface area is 208 Å². The van der Waals surface area contributed by atoms with Gasteiger partial charge in [0.2, 0.25) is 0 Å². The van der Waals surface area contributed by atoms with Crippen LogP contribution in [0.2, 0.25) is 5.02 Å². The first-order chi connectivity index (χ1) is 14.4. The van der Waals surface area contributed by atoms with Crippen LogP contribution in [0, 0.1) is 23.2 Å². The van der Waals surface area contributed by atoms with E-state index in [0.29, 0.717) is 22.7 Å². The van der Waals surface area contributed by atoms with Crippen LogP contribution in [0.4, 0.5) is 0 Å². The van der Waals surface area contributed by atoms with Crippen molar-refractivity contribution in [3.8, 4) is 11.3 Å². The molecule has 4 fully saturated rings. The number of rotatable bonds is 5. The first-order valence-corrected chi connectivity index (χ1v) is 10.9. The van der Waals surface area contributed by atoms with Crippen LogP contribution in [-0.4, -0.2) is 28.4 Å². The number of amides is 1. The van der Waals surface area contributed by atoms with E-state index in [1.54, 1.807) is 18.2 Å². The van der Waals surface area contributed by atoms with Gasteiger partial charge in [0.05, 0.1) is 22.2 Å². The van der Waals surface area contributed by atoms with Gasteiger partial charge in [-0.2, -0.15) is 0 Å². The number of nitrogens with zero attached hydrogens (tertiary/aromatic N) is 2. The van der Waals surface area contributed by atoms with Crippen molar-refractivity contribution >= 4 is 23.5 Å². The van der Waals surface area contributed by atoms with Gasteiger partial charge in [-0.3, -0.25) is 14.8 Å². The third kappa shape index (κ3) is 4.40. The van der Waals surface area contributed by atoms with E-state index in [1.807, 2.05) is 0 Å². The Balaban J connectivity index is 0.00000231. The van der Waals surface area contributed by atoms with Gasteiger partial charge in [0.1, 0.15) is 5.69 Å². The third-order valence-corrected chi connectivity index (χ3v) is 7.49. The van der Waals surface area contributed by atoms with Gasteiger partial charge in [-0.05, 0) is 73.8 Å². The van der Waals surface area contributed by atoms with Crippen LogP contribution in [0.1, 0.15) is 59.4 Å². The van der Waals surface area contributed by atoms with Gasteiger partial charge in [0, 0.05) is 24.5 Å². The molecule has 6 rings (SSSR count). The van der Waals surface area contributed by atoms with Gasteiger partial charge in [-0.15, -0.1) is 0 Å². The number of carbonyl (C=O) groups excluding carboxylic acids is 2. The molecule has 0 aliphatic heterocycles. The molecule has 156 valence electrons. The molecule has 8 heteroatoms. The van der Waals surface area contributed by atoms with Crippen molar-refractivity contribution in [2.24, 2.45) is 23.2 Å². The molecule has 1 aromatic carbocycles. The molecule has 4 bridgehead atoms. The molecule has 0 spiro atoms. The number of carboxylic acids is 1. The van der Waals surface area contributed by atoms with E-state index in [-0.39, 0.29) is 52.3 Å². The smallest absolute Gasteiger partial charge is 0.543 e. The predicted molar refractivity (Wildman–Crippen MR) is 110 cm³/mol. The van der Waals surface area contributed by atoms with Crippen LogP contribution in [0.5, 0.6) is 0 Å². The molecule has 0 saturated heterocycles. The molecular formula is C23H23ClN3NaO3. The molecule has 0 radical (unpaired) electrons. The maximum Gasteiger partial charge on any atom is 1.00 e. The van der Waals surface area contributed by atoms with E-state index in [4.69, 9.17) is 11.6 Å². The van der Waals surface area contributed by atoms with Crippen LogP contribution in [-0.2, 0) is 0 Å². The minimum atomic E-state index is -1.42. The fourth-order valence-corrected chi connectivity index (χ4v) is 6.62. The molecule has 2 aromatic rings. The van der Waals surface area contributed by atoms with E-state index in [0.717, 1.165) is 17.8 Å². The van der Waals surface area contributed by atoms with Gasteiger partial charge >= 0.3 is 29.6 Å². The topological polar surface area (TPSA) is 95.0 Å². The summed E-state index contributed by atoms with van der Waals surface area (Å²) in [4.78, 5) is 32.3. The van der Waals surface area contributed by atoms with Gasteiger partial charge in [0.25, 0.3) is 5.91 Å². The van der Waals surface area contributed by atoms with Crippen molar-refractivity contribution in [2.45, 2.75) is 38.5 Å². The van der Waals surface area contributed by atoms with Gasteiger partial charge in [-0.25, -0.2) is 0 Å². The summed E-state index contributed by atoms with van der Waals surface area (Å²) in [7, 11) is 0. The molecule has 31 heavy (non-hydrogen) atoms. The quantitative estimate of drug-likeness (QED) is 0.656. The molecule has 4 aliphatic carbocycles. The van der Waals surface area contributed by atoms with Crippen molar-refractivity contribution in [1.29, 1.82) is 0 Å². The molecule has 1 heterocycles. The van der Waals surface area contributed by atoms with Crippen molar-refractivity contribution in [2.75, 3.05) is 6.54 Å². The maximum absolute atomic E-state index is 13.0. The molecule has 1 amide bonds. The maximum atomic E-state index is 13.0. The second kappa shape index (κ2) is 8.81. The summed E-state index contributed by atoms with van der Waals surface area (Å²) in [6.45, 7) is 0.672. The summed E-state index contributed by atoms with van der Waals surface area (Å²) >= 11 is 6.31. The van der Waals surface area contributed by atoms with Crippen molar-refractivity contribution < 1.29 is 44.3 Å². The Bertz CT molecular complexity index is 994. The fourth-order valence-electron chi connectivity index (χ4n) is 6.41. The zero-order chi connectivity index (χ0) is 20.9. The first-order valence-electron chi connectivity index (χ1n) is 10.5. The van der Waals surface area contributed by atoms with Crippen LogP contribution < -0.4 is 40.0 Å². The largest absolute Gasteiger partial charge is 1.00 e. The molecule has 4 saturated carbocycles. The summed E-state index contributed by atoms with van der Waals surface area (Å²) in [5.41, 5.74) is 0.895. The molecule has 6 nitrogen and oxygen atoms in total. The van der Waals surface area contributed by atoms with Crippen LogP contribution >= 0.6 is 11.6 Å². The van der Waals surface area contributed by atoms with Gasteiger partial charge in [0.15, 0.2) is 0 Å². The summed E-state index contributed by atoms with van der Waals surface area (Å²) in [5, 5.41) is 14.8. The number of carbonyl (C=O) groups is 2. The minimum Gasteiger partial charge on any atom is -0.543 e. The average Bonchev–Trinajstić information content (AvgIpc) is 2.71. The van der Waals surface area contributed by atoms with Crippen LogP contribution in [0.3, 0.4) is 0 Å². The molecular weight excluding hydrogens is 425 g/mol. The van der Waals surface area contributed by atoms with E-state index in [9.17, 15) is 14.7 Å². The van der Waals surface area contributed by atoms with Crippen molar-refractivity contribution in [3.63, 3.8) is 0 Å². The molecule has 0 unspecified atom stereocenters. The van der Waals surface area contributed by atoms with Crippen molar-refractivity contribution in [3.05, 3.63) is 46.9 Å². The first kappa shape index (κ1) is 22.7. The molecule has 1 aromatic heterocycles. The Morgan fingerprint density at radius 1 is 1.06 bits per heavy atom. The van der Waals surface area contributed by atoms with E-state index in [1.165, 1.54) is 50.9 Å². The SMILES string of the molecule is O=C(NCC12CC3CC(CC(C3)C1)C2)c1cc(-c2nccnc2C(=O)[O-])ccc1Cl.[Na+]. The number of hydrogen-bond donors (Lipinski definition) is 1. The number of benzene rings is 1. The van der Waals surface area contributed by atoms with E-state index in [2.05, 4.69) is 15.3 Å². The Hall–Kier alpha value is -1.47. The van der Waals surface area contributed by atoms with Gasteiger partial charge in [-0.1, -0.05) is 17.7 Å². The molecule has 4 aliphatic rings. The Morgan fingerprint density at radius 3 is 2.29 bits per heavy atom. The zero-order valence-corrected chi connectivity index (χ0v) is 20.3. The second-order valence-electron chi connectivity index (χ2n) is 9.34. The number of halogens is 1. The summed E-state index contributed by atoms with van der Waals surface area (Å²) in [6, 6.07) is 4.80. The van der Waals surface area contributed by atoms with Gasteiger partial charge < -0.3 is 15.2 Å². The zero-order valence-electron chi connectivity index (χ0n) is 17.6. The molecule has 1 N–H and O–H groups in total. The summed E-state index contributed by atoms with van der Waals surface area (Å²) < 4.78 is 0.